The van der Waals surface area contributed by atoms with Crippen LogP contribution in [0.15, 0.2) is 35.3 Å². The minimum absolute atomic E-state index is 0.0234. The van der Waals surface area contributed by atoms with Gasteiger partial charge in [-0.2, -0.15) is 5.10 Å². The Balaban J connectivity index is 1.54. The molecule has 2 heterocycles. The number of hydrogen-bond acceptors (Lipinski definition) is 5. The SMILES string of the molecule is CCc1nc2n(n1)CC(NC(=NCC(=O)N(C)C)NCCCN(C)c1ccccc1)CC2. The maximum atomic E-state index is 12.0. The van der Waals surface area contributed by atoms with Crippen LogP contribution in [0.2, 0.25) is 0 Å². The quantitative estimate of drug-likeness (QED) is 0.347. The van der Waals surface area contributed by atoms with E-state index < -0.39 is 0 Å². The van der Waals surface area contributed by atoms with Crippen LogP contribution in [-0.4, -0.2) is 78.4 Å². The van der Waals surface area contributed by atoms with Crippen LogP contribution in [0.5, 0.6) is 0 Å². The molecule has 0 bridgehead atoms. The van der Waals surface area contributed by atoms with Gasteiger partial charge in [-0.3, -0.25) is 4.79 Å². The number of aryl methyl sites for hydroxylation is 2. The number of rotatable bonds is 9. The second kappa shape index (κ2) is 11.5. The Bertz CT molecular complexity index is 893. The molecule has 9 nitrogen and oxygen atoms in total. The summed E-state index contributed by atoms with van der Waals surface area (Å²) in [7, 11) is 5.59. The molecular weight excluding hydrogens is 404 g/mol. The van der Waals surface area contributed by atoms with Gasteiger partial charge in [0.25, 0.3) is 0 Å². The number of amides is 1. The Labute approximate surface area is 190 Å². The molecular formula is C23H36N8O. The predicted molar refractivity (Wildman–Crippen MR) is 128 cm³/mol. The number of guanidine groups is 1. The Hall–Kier alpha value is -3.10. The average molecular weight is 441 g/mol. The molecule has 174 valence electrons. The summed E-state index contributed by atoms with van der Waals surface area (Å²) in [6.07, 6.45) is 3.64. The lowest BCUT2D eigenvalue weighted by Crippen LogP contribution is -2.48. The van der Waals surface area contributed by atoms with Gasteiger partial charge in [0.1, 0.15) is 12.4 Å². The summed E-state index contributed by atoms with van der Waals surface area (Å²) < 4.78 is 2.00. The highest BCUT2D eigenvalue weighted by atomic mass is 16.2. The molecule has 0 fully saturated rings. The molecule has 2 N–H and O–H groups in total. The number of hydrogen-bond donors (Lipinski definition) is 2. The predicted octanol–water partition coefficient (Wildman–Crippen LogP) is 1.31. The van der Waals surface area contributed by atoms with Gasteiger partial charge < -0.3 is 20.4 Å². The van der Waals surface area contributed by atoms with Crippen molar-refractivity contribution in [2.45, 2.75) is 45.2 Å². The van der Waals surface area contributed by atoms with Crippen molar-refractivity contribution in [3.05, 3.63) is 42.0 Å². The fraction of sp³-hybridized carbons (Fsp3) is 0.565. The van der Waals surface area contributed by atoms with Crippen LogP contribution in [0.4, 0.5) is 5.69 Å². The fourth-order valence-electron chi connectivity index (χ4n) is 3.60. The van der Waals surface area contributed by atoms with Crippen LogP contribution < -0.4 is 15.5 Å². The molecule has 0 aliphatic carbocycles. The van der Waals surface area contributed by atoms with Gasteiger partial charge in [-0.25, -0.2) is 14.7 Å². The summed E-state index contributed by atoms with van der Waals surface area (Å²) in [5.41, 5.74) is 1.20. The number of carbonyl (C=O) groups excluding carboxylic acids is 1. The molecule has 1 aromatic heterocycles. The van der Waals surface area contributed by atoms with Crippen molar-refractivity contribution in [1.82, 2.24) is 30.3 Å². The number of likely N-dealkylation sites (N-methyl/N-ethyl adjacent to an activating group) is 1. The number of fused-ring (bicyclic) bond motifs is 1. The van der Waals surface area contributed by atoms with Gasteiger partial charge in [0, 0.05) is 58.8 Å². The molecule has 1 aromatic carbocycles. The van der Waals surface area contributed by atoms with Crippen molar-refractivity contribution in [2.75, 3.05) is 45.7 Å². The Morgan fingerprint density at radius 3 is 2.75 bits per heavy atom. The third-order valence-corrected chi connectivity index (χ3v) is 5.59. The second-order valence-corrected chi connectivity index (χ2v) is 8.35. The van der Waals surface area contributed by atoms with E-state index in [1.165, 1.54) is 5.69 Å². The normalized spacial score (nSPS) is 15.8. The van der Waals surface area contributed by atoms with E-state index in [0.29, 0.717) is 5.96 Å². The largest absolute Gasteiger partial charge is 0.375 e. The zero-order chi connectivity index (χ0) is 22.9. The van der Waals surface area contributed by atoms with E-state index in [1.54, 1.807) is 19.0 Å². The van der Waals surface area contributed by atoms with E-state index in [-0.39, 0.29) is 18.5 Å². The van der Waals surface area contributed by atoms with Crippen LogP contribution >= 0.6 is 0 Å². The molecule has 1 unspecified atom stereocenters. The molecule has 0 saturated carbocycles. The van der Waals surface area contributed by atoms with Gasteiger partial charge in [0.2, 0.25) is 5.91 Å². The minimum atomic E-state index is -0.0234. The third-order valence-electron chi connectivity index (χ3n) is 5.59. The summed E-state index contributed by atoms with van der Waals surface area (Å²) in [4.78, 5) is 25.0. The summed E-state index contributed by atoms with van der Waals surface area (Å²) in [5.74, 6) is 2.60. The molecule has 0 saturated heterocycles. The Kier molecular flexibility index (Phi) is 8.47. The first-order valence-corrected chi connectivity index (χ1v) is 11.4. The van der Waals surface area contributed by atoms with Crippen molar-refractivity contribution in [3.63, 3.8) is 0 Å². The van der Waals surface area contributed by atoms with Gasteiger partial charge >= 0.3 is 0 Å². The highest BCUT2D eigenvalue weighted by molar-refractivity contribution is 5.84. The smallest absolute Gasteiger partial charge is 0.243 e. The van der Waals surface area contributed by atoms with E-state index in [9.17, 15) is 4.79 Å². The van der Waals surface area contributed by atoms with E-state index >= 15 is 0 Å². The Morgan fingerprint density at radius 2 is 2.03 bits per heavy atom. The zero-order valence-corrected chi connectivity index (χ0v) is 19.7. The first-order valence-electron chi connectivity index (χ1n) is 11.4. The molecule has 0 radical (unpaired) electrons. The molecule has 1 aliphatic heterocycles. The molecule has 0 spiro atoms. The van der Waals surface area contributed by atoms with Crippen molar-refractivity contribution >= 4 is 17.6 Å². The zero-order valence-electron chi connectivity index (χ0n) is 19.7. The van der Waals surface area contributed by atoms with Crippen LogP contribution in [0.1, 0.15) is 31.4 Å². The monoisotopic (exact) mass is 440 g/mol. The molecule has 2 aromatic rings. The lowest BCUT2D eigenvalue weighted by atomic mass is 10.1. The number of aliphatic imine (C=N–C) groups is 1. The van der Waals surface area contributed by atoms with Crippen molar-refractivity contribution in [1.29, 1.82) is 0 Å². The van der Waals surface area contributed by atoms with Gasteiger partial charge in [0.05, 0.1) is 6.54 Å². The van der Waals surface area contributed by atoms with Gasteiger partial charge in [-0.05, 0) is 25.0 Å². The summed E-state index contributed by atoms with van der Waals surface area (Å²) in [5, 5.41) is 11.5. The highest BCUT2D eigenvalue weighted by Crippen LogP contribution is 2.13. The van der Waals surface area contributed by atoms with Crippen molar-refractivity contribution < 1.29 is 4.79 Å². The maximum absolute atomic E-state index is 12.0. The molecule has 1 aliphatic rings. The minimum Gasteiger partial charge on any atom is -0.375 e. The van der Waals surface area contributed by atoms with E-state index in [1.807, 2.05) is 10.7 Å². The first kappa shape index (κ1) is 23.6. The van der Waals surface area contributed by atoms with Crippen LogP contribution in [0.3, 0.4) is 0 Å². The fourth-order valence-corrected chi connectivity index (χ4v) is 3.60. The molecule has 1 amide bonds. The standard InChI is InChI=1S/C23H36N8O/c1-5-20-27-21-13-12-18(17-31(21)28-20)26-23(25-16-22(32)29(2)3)24-14-9-15-30(4)19-10-7-6-8-11-19/h6-8,10-11,18H,5,9,12-17H2,1-4H3,(H2,24,25,26). The van der Waals surface area contributed by atoms with Crippen LogP contribution in [0.25, 0.3) is 0 Å². The van der Waals surface area contributed by atoms with Gasteiger partial charge in [-0.15, -0.1) is 0 Å². The van der Waals surface area contributed by atoms with E-state index in [2.05, 4.69) is 68.8 Å². The molecule has 1 atom stereocenters. The van der Waals surface area contributed by atoms with Crippen LogP contribution in [0, 0.1) is 0 Å². The molecule has 3 rings (SSSR count). The third kappa shape index (κ3) is 6.70. The second-order valence-electron chi connectivity index (χ2n) is 8.35. The number of nitrogens with zero attached hydrogens (tertiary/aromatic N) is 6. The maximum Gasteiger partial charge on any atom is 0.243 e. The summed E-state index contributed by atoms with van der Waals surface area (Å²) in [6, 6.07) is 10.5. The lowest BCUT2D eigenvalue weighted by Gasteiger charge is -2.26. The summed E-state index contributed by atoms with van der Waals surface area (Å²) in [6.45, 7) is 4.63. The molecule has 32 heavy (non-hydrogen) atoms. The first-order chi connectivity index (χ1) is 15.5. The van der Waals surface area contributed by atoms with Gasteiger partial charge in [0.15, 0.2) is 11.8 Å². The van der Waals surface area contributed by atoms with Crippen LogP contribution in [-0.2, 0) is 24.2 Å². The van der Waals surface area contributed by atoms with Crippen molar-refractivity contribution in [3.8, 4) is 0 Å². The van der Waals surface area contributed by atoms with Crippen molar-refractivity contribution in [2.24, 2.45) is 4.99 Å². The number of para-hydroxylation sites is 1. The van der Waals surface area contributed by atoms with E-state index in [4.69, 9.17) is 0 Å². The number of carbonyl (C=O) groups is 1. The number of nitrogens with one attached hydrogen (secondary N) is 2. The summed E-state index contributed by atoms with van der Waals surface area (Å²) >= 11 is 0. The lowest BCUT2D eigenvalue weighted by molar-refractivity contribution is -0.127. The number of benzene rings is 1. The Morgan fingerprint density at radius 1 is 1.25 bits per heavy atom. The van der Waals surface area contributed by atoms with E-state index in [0.717, 1.165) is 57.0 Å². The highest BCUT2D eigenvalue weighted by Gasteiger charge is 2.22. The number of anilines is 1. The topological polar surface area (TPSA) is 90.7 Å². The average Bonchev–Trinajstić information content (AvgIpc) is 3.22. The van der Waals surface area contributed by atoms with Gasteiger partial charge in [-0.1, -0.05) is 25.1 Å². The number of aromatic nitrogens is 3. The molecule has 9 heteroatoms.